The molecule has 1 saturated heterocycles. The van der Waals surface area contributed by atoms with Crippen molar-refractivity contribution in [2.24, 2.45) is 0 Å². The number of benzene rings is 1. The van der Waals surface area contributed by atoms with E-state index >= 15 is 0 Å². The van der Waals surface area contributed by atoms with Crippen LogP contribution in [0.4, 0.5) is 0 Å². The summed E-state index contributed by atoms with van der Waals surface area (Å²) in [5.74, 6) is 0.448. The van der Waals surface area contributed by atoms with E-state index in [1.165, 1.54) is 28.3 Å². The van der Waals surface area contributed by atoms with Crippen LogP contribution in [0.25, 0.3) is 0 Å². The fourth-order valence-electron chi connectivity index (χ4n) is 2.78. The van der Waals surface area contributed by atoms with Gasteiger partial charge in [-0.2, -0.15) is 19.3 Å². The molecule has 1 atom stereocenters. The maximum Gasteiger partial charge on any atom is 0.243 e. The Hall–Kier alpha value is -1.64. The van der Waals surface area contributed by atoms with Gasteiger partial charge < -0.3 is 4.74 Å². The molecule has 3 rings (SSSR count). The van der Waals surface area contributed by atoms with Crippen LogP contribution in [0.5, 0.6) is 5.75 Å². The monoisotopic (exact) mass is 356 g/mol. The molecular formula is C14H17ClN4O3S. The molecule has 7 nitrogen and oxygen atoms in total. The van der Waals surface area contributed by atoms with Crippen LogP contribution in [0.1, 0.15) is 12.8 Å². The first-order valence-electron chi connectivity index (χ1n) is 7.22. The standard InChI is InChI=1S/C14H17ClN4O3S/c1-22-14-5-4-12(9-13(14)15)23(20,21)18-8-2-3-11(18)10-19-16-6-7-17-19/h4-7,9,11H,2-3,8,10H2,1H3. The molecule has 23 heavy (non-hydrogen) atoms. The van der Waals surface area contributed by atoms with E-state index in [-0.39, 0.29) is 16.0 Å². The van der Waals surface area contributed by atoms with Crippen molar-refractivity contribution in [1.29, 1.82) is 0 Å². The van der Waals surface area contributed by atoms with Crippen LogP contribution in [-0.4, -0.2) is 47.4 Å². The van der Waals surface area contributed by atoms with Crippen molar-refractivity contribution in [3.8, 4) is 5.75 Å². The zero-order chi connectivity index (χ0) is 16.4. The first-order valence-corrected chi connectivity index (χ1v) is 9.03. The van der Waals surface area contributed by atoms with E-state index in [4.69, 9.17) is 16.3 Å². The Balaban J connectivity index is 1.87. The smallest absolute Gasteiger partial charge is 0.243 e. The largest absolute Gasteiger partial charge is 0.495 e. The highest BCUT2D eigenvalue weighted by Crippen LogP contribution is 2.31. The minimum atomic E-state index is -3.61. The maximum atomic E-state index is 12.9. The number of ether oxygens (including phenoxy) is 1. The van der Waals surface area contributed by atoms with Gasteiger partial charge in [0.25, 0.3) is 0 Å². The van der Waals surface area contributed by atoms with Gasteiger partial charge in [0.2, 0.25) is 10.0 Å². The van der Waals surface area contributed by atoms with Gasteiger partial charge in [0, 0.05) is 12.6 Å². The van der Waals surface area contributed by atoms with Crippen molar-refractivity contribution in [1.82, 2.24) is 19.3 Å². The van der Waals surface area contributed by atoms with Crippen LogP contribution in [0.2, 0.25) is 5.02 Å². The summed E-state index contributed by atoms with van der Waals surface area (Å²) in [7, 11) is -2.13. The lowest BCUT2D eigenvalue weighted by molar-refractivity contribution is 0.325. The average Bonchev–Trinajstić information content (AvgIpc) is 3.19. The lowest BCUT2D eigenvalue weighted by Crippen LogP contribution is -2.38. The molecule has 1 aliphatic heterocycles. The van der Waals surface area contributed by atoms with Crippen LogP contribution in [-0.2, 0) is 16.6 Å². The van der Waals surface area contributed by atoms with Gasteiger partial charge in [-0.05, 0) is 31.0 Å². The fourth-order valence-corrected chi connectivity index (χ4v) is 4.81. The van der Waals surface area contributed by atoms with Crippen molar-refractivity contribution in [3.05, 3.63) is 35.6 Å². The zero-order valence-electron chi connectivity index (χ0n) is 12.6. The summed E-state index contributed by atoms with van der Waals surface area (Å²) >= 11 is 6.06. The molecule has 0 amide bonds. The summed E-state index contributed by atoms with van der Waals surface area (Å²) in [5, 5.41) is 8.38. The van der Waals surface area contributed by atoms with E-state index in [1.807, 2.05) is 0 Å². The molecule has 1 aromatic carbocycles. The SMILES string of the molecule is COc1ccc(S(=O)(=O)N2CCCC2Cn2nccn2)cc1Cl. The maximum absolute atomic E-state index is 12.9. The minimum Gasteiger partial charge on any atom is -0.495 e. The normalized spacial score (nSPS) is 19.1. The first-order chi connectivity index (χ1) is 11.0. The van der Waals surface area contributed by atoms with Crippen LogP contribution in [0.15, 0.2) is 35.5 Å². The lowest BCUT2D eigenvalue weighted by atomic mass is 10.2. The summed E-state index contributed by atoms with van der Waals surface area (Å²) < 4.78 is 32.4. The predicted molar refractivity (Wildman–Crippen MR) is 84.9 cm³/mol. The number of aromatic nitrogens is 3. The van der Waals surface area contributed by atoms with Gasteiger partial charge in [0.1, 0.15) is 5.75 Å². The summed E-state index contributed by atoms with van der Waals surface area (Å²) in [6.45, 7) is 0.925. The van der Waals surface area contributed by atoms with Gasteiger partial charge in [-0.25, -0.2) is 8.42 Å². The molecule has 2 heterocycles. The van der Waals surface area contributed by atoms with Gasteiger partial charge in [-0.1, -0.05) is 11.6 Å². The molecule has 1 aliphatic rings. The predicted octanol–water partition coefficient (Wildman–Crippen LogP) is 1.79. The Morgan fingerprint density at radius 1 is 1.35 bits per heavy atom. The summed E-state index contributed by atoms with van der Waals surface area (Å²) in [5.41, 5.74) is 0. The van der Waals surface area contributed by atoms with Crippen molar-refractivity contribution in [2.45, 2.75) is 30.3 Å². The van der Waals surface area contributed by atoms with Crippen LogP contribution in [0.3, 0.4) is 0 Å². The van der Waals surface area contributed by atoms with E-state index in [1.54, 1.807) is 18.5 Å². The number of methoxy groups -OCH3 is 1. The van der Waals surface area contributed by atoms with Crippen molar-refractivity contribution in [2.75, 3.05) is 13.7 Å². The summed E-state index contributed by atoms with van der Waals surface area (Å²) in [4.78, 5) is 1.68. The zero-order valence-corrected chi connectivity index (χ0v) is 14.2. The highest BCUT2D eigenvalue weighted by Gasteiger charge is 2.36. The highest BCUT2D eigenvalue weighted by molar-refractivity contribution is 7.89. The van der Waals surface area contributed by atoms with E-state index in [0.29, 0.717) is 18.8 Å². The van der Waals surface area contributed by atoms with Gasteiger partial charge in [-0.3, -0.25) is 0 Å². The topological polar surface area (TPSA) is 77.3 Å². The molecule has 1 unspecified atom stereocenters. The van der Waals surface area contributed by atoms with Gasteiger partial charge in [0.05, 0.1) is 36.0 Å². The van der Waals surface area contributed by atoms with Crippen LogP contribution < -0.4 is 4.74 Å². The quantitative estimate of drug-likeness (QED) is 0.816. The summed E-state index contributed by atoms with van der Waals surface area (Å²) in [6.07, 6.45) is 4.76. The van der Waals surface area contributed by atoms with Crippen LogP contribution in [0, 0.1) is 0 Å². The van der Waals surface area contributed by atoms with E-state index in [2.05, 4.69) is 10.2 Å². The third-order valence-electron chi connectivity index (χ3n) is 3.89. The number of hydrogen-bond donors (Lipinski definition) is 0. The van der Waals surface area contributed by atoms with Gasteiger partial charge in [0.15, 0.2) is 0 Å². The van der Waals surface area contributed by atoms with Crippen molar-refractivity contribution in [3.63, 3.8) is 0 Å². The second kappa shape index (κ2) is 6.46. The van der Waals surface area contributed by atoms with Crippen molar-refractivity contribution >= 4 is 21.6 Å². The third kappa shape index (κ3) is 3.19. The Bertz CT molecular complexity index is 779. The van der Waals surface area contributed by atoms with Gasteiger partial charge in [-0.15, -0.1) is 0 Å². The molecule has 0 radical (unpaired) electrons. The molecule has 0 bridgehead atoms. The van der Waals surface area contributed by atoms with Crippen molar-refractivity contribution < 1.29 is 13.2 Å². The Morgan fingerprint density at radius 2 is 2.09 bits per heavy atom. The Labute approximate surface area is 139 Å². The second-order valence-electron chi connectivity index (χ2n) is 5.29. The van der Waals surface area contributed by atoms with Gasteiger partial charge >= 0.3 is 0 Å². The third-order valence-corrected chi connectivity index (χ3v) is 6.14. The van der Waals surface area contributed by atoms with E-state index in [0.717, 1.165) is 12.8 Å². The first kappa shape index (κ1) is 16.2. The Kier molecular flexibility index (Phi) is 4.56. The molecule has 1 fully saturated rings. The van der Waals surface area contributed by atoms with Crippen LogP contribution >= 0.6 is 11.6 Å². The molecular weight excluding hydrogens is 340 g/mol. The number of rotatable bonds is 5. The number of nitrogens with zero attached hydrogens (tertiary/aromatic N) is 4. The molecule has 9 heteroatoms. The number of halogens is 1. The molecule has 0 spiro atoms. The molecule has 2 aromatic rings. The molecule has 0 aliphatic carbocycles. The molecule has 0 saturated carbocycles. The molecule has 124 valence electrons. The highest BCUT2D eigenvalue weighted by atomic mass is 35.5. The minimum absolute atomic E-state index is 0.159. The second-order valence-corrected chi connectivity index (χ2v) is 7.59. The number of hydrogen-bond acceptors (Lipinski definition) is 5. The number of sulfonamides is 1. The van der Waals surface area contributed by atoms with E-state index in [9.17, 15) is 8.42 Å². The summed E-state index contributed by atoms with van der Waals surface area (Å²) in [6, 6.07) is 4.35. The molecule has 1 aromatic heterocycles. The lowest BCUT2D eigenvalue weighted by Gasteiger charge is -2.23. The Morgan fingerprint density at radius 3 is 2.74 bits per heavy atom. The molecule has 0 N–H and O–H groups in total. The fraction of sp³-hybridized carbons (Fsp3) is 0.429. The average molecular weight is 357 g/mol. The van der Waals surface area contributed by atoms with E-state index < -0.39 is 10.0 Å².